The number of nitrogens with zero attached hydrogens (tertiary/aromatic N) is 1. The van der Waals surface area contributed by atoms with Crippen LogP contribution in [0.25, 0.3) is 10.9 Å². The molecule has 8 heteroatoms. The van der Waals surface area contributed by atoms with E-state index in [9.17, 15) is 19.1 Å². The number of carbonyl (C=O) groups is 2. The number of phenolic OH excluding ortho intramolecular Hbond substituents is 1. The summed E-state index contributed by atoms with van der Waals surface area (Å²) in [4.78, 5) is 25.8. The van der Waals surface area contributed by atoms with E-state index < -0.39 is 29.4 Å². The second kappa shape index (κ2) is 8.66. The van der Waals surface area contributed by atoms with Gasteiger partial charge in [0.1, 0.15) is 0 Å². The van der Waals surface area contributed by atoms with Gasteiger partial charge >= 0.3 is 5.97 Å². The van der Waals surface area contributed by atoms with Gasteiger partial charge < -0.3 is 9.84 Å². The predicted molar refractivity (Wildman–Crippen MR) is 114 cm³/mol. The van der Waals surface area contributed by atoms with Crippen LogP contribution in [0, 0.1) is 12.7 Å². The standard InChI is InChI=1S/C22H20Cl2FNO4/c1-4-9-30-22(29)11(2)18-12(3)26(16-7-8-17(27)20(25)19(16)18)21(28)13-5-6-14(23)15(24)10-13/h5-8,10-11,27H,4,9H2,1-3H3/t11-/m0/s1. The Labute approximate surface area is 183 Å². The van der Waals surface area contributed by atoms with E-state index in [1.807, 2.05) is 6.92 Å². The van der Waals surface area contributed by atoms with Crippen LogP contribution >= 0.6 is 23.2 Å². The molecule has 0 spiro atoms. The fourth-order valence-electron chi connectivity index (χ4n) is 3.47. The van der Waals surface area contributed by atoms with Gasteiger partial charge in [0.05, 0.1) is 28.1 Å². The number of fused-ring (bicyclic) bond motifs is 1. The fraction of sp³-hybridized carbons (Fsp3) is 0.273. The molecule has 30 heavy (non-hydrogen) atoms. The first-order valence-electron chi connectivity index (χ1n) is 9.37. The Morgan fingerprint density at radius 1 is 1.20 bits per heavy atom. The molecule has 1 aromatic heterocycles. The van der Waals surface area contributed by atoms with Crippen LogP contribution in [0.5, 0.6) is 5.75 Å². The molecular weight excluding hydrogens is 432 g/mol. The van der Waals surface area contributed by atoms with Gasteiger partial charge in [-0.05, 0) is 56.2 Å². The molecule has 1 heterocycles. The second-order valence-corrected chi connectivity index (χ2v) is 7.76. The van der Waals surface area contributed by atoms with E-state index in [-0.39, 0.29) is 33.7 Å². The molecule has 0 fully saturated rings. The number of hydrogen-bond acceptors (Lipinski definition) is 4. The molecule has 0 bridgehead atoms. The van der Waals surface area contributed by atoms with E-state index in [0.29, 0.717) is 17.1 Å². The Balaban J connectivity index is 2.24. The number of esters is 1. The van der Waals surface area contributed by atoms with E-state index in [1.54, 1.807) is 13.8 Å². The third kappa shape index (κ3) is 3.77. The largest absolute Gasteiger partial charge is 0.505 e. The number of aromatic hydroxyl groups is 1. The molecule has 3 aromatic rings. The lowest BCUT2D eigenvalue weighted by molar-refractivity contribution is -0.145. The molecule has 0 amide bonds. The zero-order valence-electron chi connectivity index (χ0n) is 16.6. The monoisotopic (exact) mass is 451 g/mol. The van der Waals surface area contributed by atoms with Crippen molar-refractivity contribution in [2.75, 3.05) is 6.61 Å². The van der Waals surface area contributed by atoms with Gasteiger partial charge in [0, 0.05) is 16.6 Å². The Hall–Kier alpha value is -2.57. The lowest BCUT2D eigenvalue weighted by atomic mass is 9.97. The van der Waals surface area contributed by atoms with Gasteiger partial charge in [-0.25, -0.2) is 4.39 Å². The molecular formula is C22H20Cl2FNO4. The van der Waals surface area contributed by atoms with Crippen LogP contribution in [0.1, 0.15) is 47.8 Å². The van der Waals surface area contributed by atoms with Crippen LogP contribution in [0.15, 0.2) is 30.3 Å². The maximum absolute atomic E-state index is 14.9. The van der Waals surface area contributed by atoms with Crippen LogP contribution < -0.4 is 0 Å². The van der Waals surface area contributed by atoms with Gasteiger partial charge in [-0.1, -0.05) is 30.1 Å². The minimum atomic E-state index is -0.901. The summed E-state index contributed by atoms with van der Waals surface area (Å²) >= 11 is 12.0. The van der Waals surface area contributed by atoms with Gasteiger partial charge in [0.25, 0.3) is 5.91 Å². The molecule has 0 saturated heterocycles. The highest BCUT2D eigenvalue weighted by atomic mass is 35.5. The molecule has 0 unspecified atom stereocenters. The summed E-state index contributed by atoms with van der Waals surface area (Å²) in [6.45, 7) is 5.29. The highest BCUT2D eigenvalue weighted by molar-refractivity contribution is 6.42. The maximum Gasteiger partial charge on any atom is 0.313 e. The summed E-state index contributed by atoms with van der Waals surface area (Å²) in [6, 6.07) is 7.03. The fourth-order valence-corrected chi connectivity index (χ4v) is 3.77. The number of carbonyl (C=O) groups excluding carboxylic acids is 2. The van der Waals surface area contributed by atoms with Crippen LogP contribution in [-0.4, -0.2) is 28.2 Å². The third-order valence-corrected chi connectivity index (χ3v) is 5.68. The normalized spacial score (nSPS) is 12.2. The van der Waals surface area contributed by atoms with E-state index in [1.165, 1.54) is 34.9 Å². The van der Waals surface area contributed by atoms with Crippen molar-refractivity contribution in [1.82, 2.24) is 4.57 Å². The molecule has 0 aliphatic carbocycles. The summed E-state index contributed by atoms with van der Waals surface area (Å²) in [6.07, 6.45) is 0.643. The van der Waals surface area contributed by atoms with Crippen molar-refractivity contribution in [3.05, 3.63) is 63.0 Å². The average Bonchev–Trinajstić information content (AvgIpc) is 3.02. The molecule has 0 aliphatic rings. The number of phenols is 1. The number of benzene rings is 2. The topological polar surface area (TPSA) is 68.5 Å². The predicted octanol–water partition coefficient (Wildman–Crippen LogP) is 5.85. The zero-order chi connectivity index (χ0) is 22.2. The smallest absolute Gasteiger partial charge is 0.313 e. The van der Waals surface area contributed by atoms with Gasteiger partial charge in [-0.15, -0.1) is 0 Å². The molecule has 1 atom stereocenters. The molecule has 1 N–H and O–H groups in total. The van der Waals surface area contributed by atoms with Crippen LogP contribution in [0.3, 0.4) is 0 Å². The Morgan fingerprint density at radius 3 is 2.53 bits per heavy atom. The molecule has 5 nitrogen and oxygen atoms in total. The van der Waals surface area contributed by atoms with Crippen molar-refractivity contribution in [3.63, 3.8) is 0 Å². The number of hydrogen-bond donors (Lipinski definition) is 1. The quantitative estimate of drug-likeness (QED) is 0.494. The first-order chi connectivity index (χ1) is 14.2. The van der Waals surface area contributed by atoms with Crippen molar-refractivity contribution in [2.45, 2.75) is 33.1 Å². The lowest BCUT2D eigenvalue weighted by Gasteiger charge is -2.13. The van der Waals surface area contributed by atoms with Crippen LogP contribution in [0.2, 0.25) is 10.0 Å². The lowest BCUT2D eigenvalue weighted by Crippen LogP contribution is -2.17. The molecule has 0 saturated carbocycles. The van der Waals surface area contributed by atoms with E-state index in [2.05, 4.69) is 0 Å². The highest BCUT2D eigenvalue weighted by Crippen LogP contribution is 2.38. The van der Waals surface area contributed by atoms with Gasteiger partial charge in [0.2, 0.25) is 0 Å². The molecule has 0 aliphatic heterocycles. The summed E-state index contributed by atoms with van der Waals surface area (Å²) in [5.41, 5.74) is 1.12. The SMILES string of the molecule is CCCOC(=O)[C@@H](C)c1c(C)n(C(=O)c2ccc(Cl)c(Cl)c2)c2ccc(O)c(F)c12. The minimum Gasteiger partial charge on any atom is -0.505 e. The van der Waals surface area contributed by atoms with E-state index in [4.69, 9.17) is 27.9 Å². The zero-order valence-corrected chi connectivity index (χ0v) is 18.1. The number of aromatic nitrogens is 1. The Kier molecular flexibility index (Phi) is 6.38. The van der Waals surface area contributed by atoms with E-state index >= 15 is 0 Å². The summed E-state index contributed by atoms with van der Waals surface area (Å²) in [5, 5.41) is 10.4. The van der Waals surface area contributed by atoms with Gasteiger partial charge in [-0.3, -0.25) is 14.2 Å². The van der Waals surface area contributed by atoms with Crippen molar-refractivity contribution >= 4 is 46.0 Å². The summed E-state index contributed by atoms with van der Waals surface area (Å²) < 4.78 is 21.5. The molecule has 0 radical (unpaired) electrons. The minimum absolute atomic E-state index is 0.00172. The van der Waals surface area contributed by atoms with Crippen LogP contribution in [0.4, 0.5) is 4.39 Å². The van der Waals surface area contributed by atoms with Crippen molar-refractivity contribution in [3.8, 4) is 5.75 Å². The number of rotatable bonds is 5. The second-order valence-electron chi connectivity index (χ2n) is 6.95. The van der Waals surface area contributed by atoms with Crippen LogP contribution in [-0.2, 0) is 9.53 Å². The first kappa shape index (κ1) is 22.1. The molecule has 158 valence electrons. The van der Waals surface area contributed by atoms with Crippen molar-refractivity contribution in [2.24, 2.45) is 0 Å². The van der Waals surface area contributed by atoms with Crippen molar-refractivity contribution < 1.29 is 23.8 Å². The first-order valence-corrected chi connectivity index (χ1v) is 10.1. The molecule has 2 aromatic carbocycles. The summed E-state index contributed by atoms with van der Waals surface area (Å²) in [7, 11) is 0. The van der Waals surface area contributed by atoms with E-state index in [0.717, 1.165) is 0 Å². The van der Waals surface area contributed by atoms with Gasteiger partial charge in [-0.2, -0.15) is 0 Å². The highest BCUT2D eigenvalue weighted by Gasteiger charge is 2.30. The third-order valence-electron chi connectivity index (χ3n) is 4.94. The average molecular weight is 452 g/mol. The van der Waals surface area contributed by atoms with Crippen molar-refractivity contribution in [1.29, 1.82) is 0 Å². The Bertz CT molecular complexity index is 1160. The maximum atomic E-state index is 14.9. The molecule has 3 rings (SSSR count). The van der Waals surface area contributed by atoms with Gasteiger partial charge in [0.15, 0.2) is 11.6 Å². The number of ether oxygens (including phenoxy) is 1. The number of halogens is 3. The summed E-state index contributed by atoms with van der Waals surface area (Å²) in [5.74, 6) is -3.33. The Morgan fingerprint density at radius 2 is 1.90 bits per heavy atom.